The minimum atomic E-state index is -6.00. The molecule has 0 amide bonds. The van der Waals surface area contributed by atoms with Gasteiger partial charge in [-0.25, -0.2) is 0 Å². The van der Waals surface area contributed by atoms with Crippen molar-refractivity contribution in [1.29, 1.82) is 0 Å². The first-order chi connectivity index (χ1) is 14.2. The summed E-state index contributed by atoms with van der Waals surface area (Å²) in [6, 6.07) is 0. The van der Waals surface area contributed by atoms with E-state index in [-0.39, 0.29) is 1.43 Å². The molecule has 0 bridgehead atoms. The Labute approximate surface area is 187 Å². The van der Waals surface area contributed by atoms with E-state index in [0.29, 0.717) is 0 Å². The van der Waals surface area contributed by atoms with Crippen LogP contribution in [0.15, 0.2) is 0 Å². The lowest BCUT2D eigenvalue weighted by Crippen LogP contribution is -2.50. The van der Waals surface area contributed by atoms with E-state index in [1.54, 1.807) is 0 Å². The largest absolute Gasteiger partial charge is 1.00 e. The van der Waals surface area contributed by atoms with Crippen LogP contribution in [0.25, 0.3) is 0 Å². The fraction of sp³-hybridized carbons (Fsp3) is 1.00. The van der Waals surface area contributed by atoms with E-state index in [9.17, 15) is 17.3 Å². The van der Waals surface area contributed by atoms with E-state index in [4.69, 9.17) is 0 Å². The fourth-order valence-electron chi connectivity index (χ4n) is 4.17. The van der Waals surface area contributed by atoms with Crippen LogP contribution in [0.3, 0.4) is 0 Å². The monoisotopic (exact) mass is 442 g/mol. The van der Waals surface area contributed by atoms with Crippen LogP contribution in [0.1, 0.15) is 132 Å². The van der Waals surface area contributed by atoms with Gasteiger partial charge in [0.15, 0.2) is 0 Å². The Hall–Kier alpha value is -0.255. The van der Waals surface area contributed by atoms with E-state index in [1.807, 2.05) is 0 Å². The van der Waals surface area contributed by atoms with Crippen LogP contribution in [0.5, 0.6) is 0 Å². The molecule has 30 heavy (non-hydrogen) atoms. The molecule has 0 aliphatic heterocycles. The zero-order chi connectivity index (χ0) is 23.1. The van der Waals surface area contributed by atoms with Gasteiger partial charge in [0.2, 0.25) is 0 Å². The van der Waals surface area contributed by atoms with Crippen molar-refractivity contribution >= 4 is 7.25 Å². The van der Waals surface area contributed by atoms with Crippen molar-refractivity contribution in [1.82, 2.24) is 0 Å². The maximum Gasteiger partial charge on any atom is 1.00 e. The third kappa shape index (κ3) is 25.8. The Morgan fingerprint density at radius 2 is 0.633 bits per heavy atom. The van der Waals surface area contributed by atoms with Crippen molar-refractivity contribution < 1.29 is 23.2 Å². The first-order valence-corrected chi connectivity index (χ1v) is 13.0. The third-order valence-electron chi connectivity index (χ3n) is 5.94. The molecule has 0 saturated carbocycles. The molecule has 0 fully saturated rings. The summed E-state index contributed by atoms with van der Waals surface area (Å²) in [5.74, 6) is 0. The van der Waals surface area contributed by atoms with Crippen LogP contribution in [0.2, 0.25) is 0 Å². The van der Waals surface area contributed by atoms with E-state index >= 15 is 0 Å². The smallest absolute Gasteiger partial charge is 0.418 e. The fourth-order valence-corrected chi connectivity index (χ4v) is 4.17. The van der Waals surface area contributed by atoms with Gasteiger partial charge in [0.05, 0.1) is 26.2 Å². The van der Waals surface area contributed by atoms with Gasteiger partial charge in [-0.15, -0.1) is 0 Å². The Bertz CT molecular complexity index is 285. The molecule has 0 atom stereocenters. The molecule has 0 aromatic heterocycles. The zero-order valence-electron chi connectivity index (χ0n) is 21.7. The highest BCUT2D eigenvalue weighted by Gasteiger charge is 2.25. The van der Waals surface area contributed by atoms with E-state index in [0.717, 1.165) is 0 Å². The summed E-state index contributed by atoms with van der Waals surface area (Å²) < 4.78 is 40.5. The Morgan fingerprint density at radius 3 is 0.800 bits per heavy atom. The maximum atomic E-state index is 9.75. The first kappa shape index (κ1) is 31.9. The highest BCUT2D eigenvalue weighted by atomic mass is 19.5. The maximum absolute atomic E-state index is 9.75. The lowest BCUT2D eigenvalue weighted by atomic mass is 10.1. The van der Waals surface area contributed by atoms with Crippen molar-refractivity contribution in [2.75, 3.05) is 26.2 Å². The first-order valence-electron chi connectivity index (χ1n) is 13.0. The molecule has 0 rings (SSSR count). The number of unbranched alkanes of at least 4 members (excludes halogenated alkanes) is 12. The second kappa shape index (κ2) is 22.0. The molecule has 0 aliphatic carbocycles. The number of hydrogen-bond donors (Lipinski definition) is 0. The van der Waals surface area contributed by atoms with E-state index in [1.165, 1.54) is 133 Å². The normalized spacial score (nSPS) is 12.0. The lowest BCUT2D eigenvalue weighted by Gasteiger charge is -2.39. The van der Waals surface area contributed by atoms with Crippen LogP contribution in [0.4, 0.5) is 17.3 Å². The molecule has 0 aliphatic rings. The van der Waals surface area contributed by atoms with Crippen LogP contribution in [0, 0.1) is 0 Å². The van der Waals surface area contributed by atoms with Gasteiger partial charge in [-0.05, 0) is 51.4 Å². The summed E-state index contributed by atoms with van der Waals surface area (Å²) in [5.41, 5.74) is 0. The minimum Gasteiger partial charge on any atom is -0.418 e. The van der Waals surface area contributed by atoms with Crippen molar-refractivity contribution in [2.45, 2.75) is 130 Å². The van der Waals surface area contributed by atoms with E-state index < -0.39 is 7.25 Å². The zero-order valence-corrected chi connectivity index (χ0v) is 20.7. The summed E-state index contributed by atoms with van der Waals surface area (Å²) in [6.07, 6.45) is 22.8. The van der Waals surface area contributed by atoms with Gasteiger partial charge in [0.25, 0.3) is 0 Å². The van der Waals surface area contributed by atoms with E-state index in [2.05, 4.69) is 27.7 Å². The quantitative estimate of drug-likeness (QED) is 0.0762. The van der Waals surface area contributed by atoms with Crippen LogP contribution >= 0.6 is 0 Å². The molecule has 0 spiro atoms. The molecule has 184 valence electrons. The average Bonchev–Trinajstić information content (AvgIpc) is 2.68. The van der Waals surface area contributed by atoms with Gasteiger partial charge in [-0.3, -0.25) is 0 Å². The van der Waals surface area contributed by atoms with Crippen molar-refractivity contribution in [3.63, 3.8) is 0 Å². The molecule has 0 aromatic carbocycles. The van der Waals surface area contributed by atoms with Crippen LogP contribution < -0.4 is 0 Å². The molecule has 1 nitrogen and oxygen atoms in total. The molecule has 6 heteroatoms. The molecular weight excluding hydrogens is 389 g/mol. The number of quaternary nitrogens is 1. The minimum absolute atomic E-state index is 0. The summed E-state index contributed by atoms with van der Waals surface area (Å²) >= 11 is 0. The summed E-state index contributed by atoms with van der Waals surface area (Å²) in [4.78, 5) is 0. The second-order valence-corrected chi connectivity index (χ2v) is 8.97. The highest BCUT2D eigenvalue weighted by molar-refractivity contribution is 6.50. The number of halogens is 4. The molecule has 0 N–H and O–H groups in total. The van der Waals surface area contributed by atoms with Crippen LogP contribution in [-0.2, 0) is 0 Å². The standard InChI is InChI=1S/C24H52N.BF4/c1-5-9-13-17-21-25(22-18-14-10-6-2,23-19-15-11-7-3)24-20-16-12-8-4;2-1(3,4)5/h5-24H2,1-4H3;/q+1;-1/p+1. The van der Waals surface area contributed by atoms with Gasteiger partial charge in [-0.1, -0.05) is 79.1 Å². The number of hydrogen-bond acceptors (Lipinski definition) is 0. The molecular formula is C24H53BF4N+. The Kier molecular flexibility index (Phi) is 23.4. The molecule has 0 unspecified atom stereocenters. The summed E-state index contributed by atoms with van der Waals surface area (Å²) in [7, 11) is -6.00. The third-order valence-corrected chi connectivity index (χ3v) is 5.94. The highest BCUT2D eigenvalue weighted by Crippen LogP contribution is 2.19. The molecule has 0 radical (unpaired) electrons. The van der Waals surface area contributed by atoms with Crippen molar-refractivity contribution in [2.24, 2.45) is 0 Å². The Balaban J connectivity index is -0.00000116. The van der Waals surface area contributed by atoms with Crippen molar-refractivity contribution in [3.8, 4) is 0 Å². The number of rotatable bonds is 20. The number of nitrogens with zero attached hydrogens (tertiary/aromatic N) is 1. The Morgan fingerprint density at radius 1 is 0.433 bits per heavy atom. The predicted molar refractivity (Wildman–Crippen MR) is 128 cm³/mol. The lowest BCUT2D eigenvalue weighted by molar-refractivity contribution is -0.929. The molecule has 0 aromatic rings. The SMILES string of the molecule is CCCCCC[N+](CCCCCC)(CCCCCC)CCCCCC.F[B-](F)(F)F.[H+]. The van der Waals surface area contributed by atoms with Crippen LogP contribution in [-0.4, -0.2) is 37.9 Å². The summed E-state index contributed by atoms with van der Waals surface area (Å²) in [6.45, 7) is 15.2. The van der Waals surface area contributed by atoms with Gasteiger partial charge >= 0.3 is 8.68 Å². The van der Waals surface area contributed by atoms with Gasteiger partial charge in [0.1, 0.15) is 0 Å². The molecule has 0 heterocycles. The summed E-state index contributed by atoms with van der Waals surface area (Å²) in [5, 5.41) is 0. The van der Waals surface area contributed by atoms with Gasteiger partial charge in [0, 0.05) is 0 Å². The molecule has 0 saturated heterocycles. The second-order valence-electron chi connectivity index (χ2n) is 8.97. The van der Waals surface area contributed by atoms with Gasteiger partial charge < -0.3 is 21.7 Å². The topological polar surface area (TPSA) is 0 Å². The predicted octanol–water partition coefficient (Wildman–Crippen LogP) is 9.54. The van der Waals surface area contributed by atoms with Gasteiger partial charge in [-0.2, -0.15) is 0 Å². The van der Waals surface area contributed by atoms with Crippen molar-refractivity contribution in [3.05, 3.63) is 0 Å². The average molecular weight is 442 g/mol.